The van der Waals surface area contributed by atoms with Crippen molar-refractivity contribution in [2.75, 3.05) is 13.7 Å². The van der Waals surface area contributed by atoms with Crippen LogP contribution in [0.5, 0.6) is 11.5 Å². The summed E-state index contributed by atoms with van der Waals surface area (Å²) in [6.07, 6.45) is 1.52. The van der Waals surface area contributed by atoms with Crippen LogP contribution in [0.1, 0.15) is 43.2 Å². The number of methoxy groups -OCH3 is 1. The lowest BCUT2D eigenvalue weighted by Crippen LogP contribution is -2.31. The van der Waals surface area contributed by atoms with E-state index in [-0.39, 0.29) is 29.7 Å². The van der Waals surface area contributed by atoms with E-state index in [1.165, 1.54) is 13.2 Å². The van der Waals surface area contributed by atoms with Gasteiger partial charge in [0.05, 0.1) is 24.1 Å². The number of esters is 1. The number of carbonyl (C=O) groups is 2. The number of Topliss-reactive ketones (excluding diaryl/α,β-unsaturated/α-hetero) is 1. The minimum atomic E-state index is -0.796. The fourth-order valence-corrected chi connectivity index (χ4v) is 4.90. The molecule has 0 fully saturated rings. The molecule has 0 bridgehead atoms. The second-order valence-corrected chi connectivity index (χ2v) is 8.92. The van der Waals surface area contributed by atoms with Crippen LogP contribution < -0.4 is 15.2 Å². The molecule has 2 aliphatic rings. The van der Waals surface area contributed by atoms with E-state index in [0.717, 1.165) is 0 Å². The lowest BCUT2D eigenvalue weighted by molar-refractivity contribution is -0.136. The molecular weight excluding hydrogens is 521 g/mol. The van der Waals surface area contributed by atoms with E-state index in [9.17, 15) is 14.0 Å². The standard InChI is InChI=1S/C26H25BrFNO6/c1-3-33-20-12-15(11-16(27)24(20)34-13-14-7-4-5-8-17(14)28)21-22-18(30)9-6-10-19(22)35-25(29)23(21)26(31)32-2/h4-5,7-8,11-12,21H,3,6,9-10,13,29H2,1-2H3/t21-/m1/s1. The van der Waals surface area contributed by atoms with E-state index < -0.39 is 11.9 Å². The molecule has 2 aromatic carbocycles. The van der Waals surface area contributed by atoms with Gasteiger partial charge in [-0.2, -0.15) is 0 Å². The monoisotopic (exact) mass is 545 g/mol. The van der Waals surface area contributed by atoms with Crippen molar-refractivity contribution in [2.24, 2.45) is 5.73 Å². The summed E-state index contributed by atoms with van der Waals surface area (Å²) in [5, 5.41) is 0. The molecule has 0 saturated heterocycles. The molecular formula is C26H25BrFNO6. The number of carbonyl (C=O) groups excluding carboxylic acids is 2. The summed E-state index contributed by atoms with van der Waals surface area (Å²) in [6.45, 7) is 2.13. The first-order chi connectivity index (χ1) is 16.8. The molecule has 0 saturated carbocycles. The minimum Gasteiger partial charge on any atom is -0.490 e. The molecule has 9 heteroatoms. The highest BCUT2D eigenvalue weighted by Gasteiger charge is 2.41. The summed E-state index contributed by atoms with van der Waals surface area (Å²) < 4.78 is 37.0. The number of hydrogen-bond donors (Lipinski definition) is 1. The molecule has 2 N–H and O–H groups in total. The highest BCUT2D eigenvalue weighted by molar-refractivity contribution is 9.10. The average Bonchev–Trinajstić information content (AvgIpc) is 2.83. The summed E-state index contributed by atoms with van der Waals surface area (Å²) in [7, 11) is 1.24. The molecule has 0 unspecified atom stereocenters. The highest BCUT2D eigenvalue weighted by atomic mass is 79.9. The summed E-state index contributed by atoms with van der Waals surface area (Å²) in [5.41, 5.74) is 7.54. The maximum absolute atomic E-state index is 14.1. The fraction of sp³-hybridized carbons (Fsp3) is 0.308. The Kier molecular flexibility index (Phi) is 7.45. The Bertz CT molecular complexity index is 1240. The molecule has 4 rings (SSSR count). The zero-order chi connectivity index (χ0) is 25.1. The predicted molar refractivity (Wildman–Crippen MR) is 129 cm³/mol. The van der Waals surface area contributed by atoms with Gasteiger partial charge in [-0.1, -0.05) is 18.2 Å². The maximum Gasteiger partial charge on any atom is 0.340 e. The van der Waals surface area contributed by atoms with Gasteiger partial charge in [-0.3, -0.25) is 4.79 Å². The van der Waals surface area contributed by atoms with Crippen LogP contribution in [0.3, 0.4) is 0 Å². The SMILES string of the molecule is CCOc1cc([C@H]2C(C(=O)OC)=C(N)OC3=C2C(=O)CCC3)cc(Br)c1OCc1ccccc1F. The van der Waals surface area contributed by atoms with Crippen molar-refractivity contribution < 1.29 is 32.9 Å². The van der Waals surface area contributed by atoms with Crippen LogP contribution in [-0.2, 0) is 25.7 Å². The molecule has 184 valence electrons. The first-order valence-electron chi connectivity index (χ1n) is 11.2. The van der Waals surface area contributed by atoms with Crippen LogP contribution in [0.25, 0.3) is 0 Å². The van der Waals surface area contributed by atoms with E-state index in [4.69, 9.17) is 24.7 Å². The normalized spacial score (nSPS) is 17.6. The number of rotatable bonds is 7. The number of benzene rings is 2. The maximum atomic E-state index is 14.1. The zero-order valence-electron chi connectivity index (χ0n) is 19.4. The second kappa shape index (κ2) is 10.5. The first-order valence-corrected chi connectivity index (χ1v) is 12.0. The lowest BCUT2D eigenvalue weighted by Gasteiger charge is -2.32. The summed E-state index contributed by atoms with van der Waals surface area (Å²) >= 11 is 3.52. The Balaban J connectivity index is 1.80. The number of ketones is 1. The summed E-state index contributed by atoms with van der Waals surface area (Å²) in [6, 6.07) is 9.77. The molecule has 35 heavy (non-hydrogen) atoms. The quantitative estimate of drug-likeness (QED) is 0.487. The van der Waals surface area contributed by atoms with Crippen molar-refractivity contribution >= 4 is 27.7 Å². The third-order valence-electron chi connectivity index (χ3n) is 5.88. The van der Waals surface area contributed by atoms with E-state index in [0.29, 0.717) is 64.3 Å². The van der Waals surface area contributed by atoms with Crippen LogP contribution in [0.15, 0.2) is 63.7 Å². The van der Waals surface area contributed by atoms with Gasteiger partial charge in [-0.15, -0.1) is 0 Å². The second-order valence-electron chi connectivity index (χ2n) is 8.06. The van der Waals surface area contributed by atoms with Gasteiger partial charge in [-0.25, -0.2) is 9.18 Å². The molecule has 0 spiro atoms. The van der Waals surface area contributed by atoms with Crippen LogP contribution in [0.4, 0.5) is 4.39 Å². The third-order valence-corrected chi connectivity index (χ3v) is 6.47. The minimum absolute atomic E-state index is 0.0178. The van der Waals surface area contributed by atoms with E-state index in [2.05, 4.69) is 15.9 Å². The Hall–Kier alpha value is -3.33. The molecule has 1 atom stereocenters. The van der Waals surface area contributed by atoms with Gasteiger partial charge >= 0.3 is 5.97 Å². The summed E-state index contributed by atoms with van der Waals surface area (Å²) in [4.78, 5) is 25.7. The average molecular weight is 546 g/mol. The van der Waals surface area contributed by atoms with Crippen molar-refractivity contribution in [3.63, 3.8) is 0 Å². The van der Waals surface area contributed by atoms with Crippen molar-refractivity contribution in [1.82, 2.24) is 0 Å². The topological polar surface area (TPSA) is 97.1 Å². The summed E-state index contributed by atoms with van der Waals surface area (Å²) in [5.74, 6) is -0.867. The first kappa shape index (κ1) is 24.8. The van der Waals surface area contributed by atoms with E-state index in [1.54, 1.807) is 30.3 Å². The van der Waals surface area contributed by atoms with Crippen LogP contribution >= 0.6 is 15.9 Å². The third kappa shape index (κ3) is 4.91. The Morgan fingerprint density at radius 1 is 1.23 bits per heavy atom. The lowest BCUT2D eigenvalue weighted by atomic mass is 9.77. The molecule has 7 nitrogen and oxygen atoms in total. The van der Waals surface area contributed by atoms with Crippen molar-refractivity contribution in [3.05, 3.63) is 80.6 Å². The van der Waals surface area contributed by atoms with Crippen LogP contribution in [0.2, 0.25) is 0 Å². The Labute approximate surface area is 210 Å². The fourth-order valence-electron chi connectivity index (χ4n) is 4.32. The van der Waals surface area contributed by atoms with E-state index in [1.807, 2.05) is 6.92 Å². The smallest absolute Gasteiger partial charge is 0.340 e. The number of halogens is 2. The van der Waals surface area contributed by atoms with Gasteiger partial charge in [0.25, 0.3) is 0 Å². The van der Waals surface area contributed by atoms with Gasteiger partial charge < -0.3 is 24.7 Å². The van der Waals surface area contributed by atoms with Crippen LogP contribution in [-0.4, -0.2) is 25.5 Å². The molecule has 0 radical (unpaired) electrons. The number of hydrogen-bond acceptors (Lipinski definition) is 7. The Morgan fingerprint density at radius 2 is 2.00 bits per heavy atom. The molecule has 1 aliphatic heterocycles. The van der Waals surface area contributed by atoms with Crippen LogP contribution in [0, 0.1) is 5.82 Å². The number of ether oxygens (including phenoxy) is 4. The van der Waals surface area contributed by atoms with Gasteiger partial charge in [0.1, 0.15) is 23.8 Å². The van der Waals surface area contributed by atoms with E-state index >= 15 is 0 Å². The van der Waals surface area contributed by atoms with Gasteiger partial charge in [0, 0.05) is 24.0 Å². The molecule has 2 aromatic rings. The molecule has 1 aliphatic carbocycles. The van der Waals surface area contributed by atoms with Gasteiger partial charge in [-0.05, 0) is 53.0 Å². The van der Waals surface area contributed by atoms with Gasteiger partial charge in [0.15, 0.2) is 17.3 Å². The molecule has 0 amide bonds. The number of nitrogens with two attached hydrogens (primary N) is 1. The molecule has 0 aromatic heterocycles. The van der Waals surface area contributed by atoms with Crippen molar-refractivity contribution in [3.8, 4) is 11.5 Å². The largest absolute Gasteiger partial charge is 0.490 e. The molecule has 1 heterocycles. The Morgan fingerprint density at radius 3 is 2.71 bits per heavy atom. The predicted octanol–water partition coefficient (Wildman–Crippen LogP) is 5.03. The highest BCUT2D eigenvalue weighted by Crippen LogP contribution is 2.47. The number of allylic oxidation sites excluding steroid dienone is 2. The van der Waals surface area contributed by atoms with Crippen molar-refractivity contribution in [2.45, 2.75) is 38.7 Å². The van der Waals surface area contributed by atoms with Crippen molar-refractivity contribution in [1.29, 1.82) is 0 Å². The zero-order valence-corrected chi connectivity index (χ0v) is 20.9. The van der Waals surface area contributed by atoms with Gasteiger partial charge in [0.2, 0.25) is 5.88 Å².